The second kappa shape index (κ2) is 4.96. The van der Waals surface area contributed by atoms with Crippen molar-refractivity contribution in [3.05, 3.63) is 39.5 Å². The lowest BCUT2D eigenvalue weighted by molar-refractivity contribution is 1.18. The van der Waals surface area contributed by atoms with Crippen LogP contribution in [0.4, 0.5) is 17.5 Å². The van der Waals surface area contributed by atoms with E-state index in [1.807, 2.05) is 0 Å². The highest BCUT2D eigenvalue weighted by molar-refractivity contribution is 6.36. The molecule has 0 saturated carbocycles. The highest BCUT2D eigenvalue weighted by atomic mass is 35.5. The first-order valence-corrected chi connectivity index (χ1v) is 5.70. The largest absolute Gasteiger partial charge is 0.368 e. The standard InChI is InChI=1S/C10H7Cl3N4/c11-5-1-2-7(6(12)3-5)15-9-4-8(13)16-10(14)17-9/h1-4H,(H3,14,15,16,17). The quantitative estimate of drug-likeness (QED) is 0.826. The lowest BCUT2D eigenvalue weighted by atomic mass is 10.3. The molecule has 0 amide bonds. The number of anilines is 3. The van der Waals surface area contributed by atoms with E-state index in [1.165, 1.54) is 0 Å². The number of hydrogen-bond donors (Lipinski definition) is 2. The number of nitrogens with two attached hydrogens (primary N) is 1. The Hall–Kier alpha value is -1.23. The maximum atomic E-state index is 6.00. The number of halogens is 3. The van der Waals surface area contributed by atoms with Gasteiger partial charge in [0.1, 0.15) is 11.0 Å². The van der Waals surface area contributed by atoms with Crippen LogP contribution in [0.5, 0.6) is 0 Å². The minimum absolute atomic E-state index is 0.0880. The first-order valence-electron chi connectivity index (χ1n) is 4.57. The summed E-state index contributed by atoms with van der Waals surface area (Å²) in [4.78, 5) is 7.72. The van der Waals surface area contributed by atoms with Crippen molar-refractivity contribution in [2.45, 2.75) is 0 Å². The van der Waals surface area contributed by atoms with Gasteiger partial charge >= 0.3 is 0 Å². The van der Waals surface area contributed by atoms with Gasteiger partial charge < -0.3 is 11.1 Å². The topological polar surface area (TPSA) is 63.8 Å². The Morgan fingerprint density at radius 2 is 1.82 bits per heavy atom. The Morgan fingerprint density at radius 3 is 2.47 bits per heavy atom. The van der Waals surface area contributed by atoms with Gasteiger partial charge in [-0.15, -0.1) is 0 Å². The molecule has 0 fully saturated rings. The first-order chi connectivity index (χ1) is 8.04. The Morgan fingerprint density at radius 1 is 1.06 bits per heavy atom. The zero-order chi connectivity index (χ0) is 12.4. The molecule has 0 spiro atoms. The predicted octanol–water partition coefficient (Wildman–Crippen LogP) is 3.76. The molecule has 2 aromatic rings. The van der Waals surface area contributed by atoms with Gasteiger partial charge in [0.2, 0.25) is 5.95 Å². The van der Waals surface area contributed by atoms with E-state index >= 15 is 0 Å². The SMILES string of the molecule is Nc1nc(Cl)cc(Nc2ccc(Cl)cc2Cl)n1. The van der Waals surface area contributed by atoms with Crippen molar-refractivity contribution in [1.29, 1.82) is 0 Å². The molecule has 0 aliphatic carbocycles. The van der Waals surface area contributed by atoms with E-state index in [0.717, 1.165) is 0 Å². The third-order valence-electron chi connectivity index (χ3n) is 1.91. The molecular formula is C10H7Cl3N4. The van der Waals surface area contributed by atoms with Crippen molar-refractivity contribution in [2.24, 2.45) is 0 Å². The Balaban J connectivity index is 2.31. The van der Waals surface area contributed by atoms with Crippen LogP contribution in [-0.2, 0) is 0 Å². The summed E-state index contributed by atoms with van der Waals surface area (Å²) in [6, 6.07) is 6.61. The number of hydrogen-bond acceptors (Lipinski definition) is 4. The Labute approximate surface area is 113 Å². The van der Waals surface area contributed by atoms with E-state index in [0.29, 0.717) is 21.6 Å². The number of nitrogen functional groups attached to an aromatic ring is 1. The van der Waals surface area contributed by atoms with Gasteiger partial charge in [0.15, 0.2) is 0 Å². The monoisotopic (exact) mass is 288 g/mol. The molecule has 1 aromatic carbocycles. The second-order valence-corrected chi connectivity index (χ2v) is 4.41. The van der Waals surface area contributed by atoms with Crippen molar-refractivity contribution in [2.75, 3.05) is 11.1 Å². The molecule has 17 heavy (non-hydrogen) atoms. The van der Waals surface area contributed by atoms with Crippen molar-refractivity contribution in [1.82, 2.24) is 9.97 Å². The molecule has 0 saturated heterocycles. The summed E-state index contributed by atoms with van der Waals surface area (Å²) in [6.45, 7) is 0. The maximum Gasteiger partial charge on any atom is 0.223 e. The molecule has 3 N–H and O–H groups in total. The summed E-state index contributed by atoms with van der Waals surface area (Å²) in [5.41, 5.74) is 6.13. The molecule has 0 unspecified atom stereocenters. The van der Waals surface area contributed by atoms with Gasteiger partial charge in [-0.25, -0.2) is 4.98 Å². The lowest BCUT2D eigenvalue weighted by Crippen LogP contribution is -2.00. The normalized spacial score (nSPS) is 10.3. The van der Waals surface area contributed by atoms with Gasteiger partial charge in [-0.3, -0.25) is 0 Å². The Kier molecular flexibility index (Phi) is 3.57. The van der Waals surface area contributed by atoms with Gasteiger partial charge in [0, 0.05) is 11.1 Å². The summed E-state index contributed by atoms with van der Waals surface area (Å²) in [6.07, 6.45) is 0. The molecule has 0 atom stereocenters. The van der Waals surface area contributed by atoms with Gasteiger partial charge in [0.05, 0.1) is 10.7 Å². The summed E-state index contributed by atoms with van der Waals surface area (Å²) in [7, 11) is 0. The summed E-state index contributed by atoms with van der Waals surface area (Å²) in [5, 5.41) is 4.26. The molecule has 1 heterocycles. The number of nitrogens with zero attached hydrogens (tertiary/aromatic N) is 2. The van der Waals surface area contributed by atoms with E-state index in [4.69, 9.17) is 40.5 Å². The molecule has 0 bridgehead atoms. The zero-order valence-corrected chi connectivity index (χ0v) is 10.7. The highest BCUT2D eigenvalue weighted by Crippen LogP contribution is 2.28. The van der Waals surface area contributed by atoms with Crippen LogP contribution in [0.3, 0.4) is 0 Å². The summed E-state index contributed by atoms with van der Waals surface area (Å²) in [5.74, 6) is 0.553. The summed E-state index contributed by atoms with van der Waals surface area (Å²) < 4.78 is 0. The van der Waals surface area contributed by atoms with Crippen LogP contribution in [0.2, 0.25) is 15.2 Å². The van der Waals surface area contributed by atoms with E-state index in [9.17, 15) is 0 Å². The second-order valence-electron chi connectivity index (χ2n) is 3.18. The van der Waals surface area contributed by atoms with Crippen molar-refractivity contribution in [3.8, 4) is 0 Å². The van der Waals surface area contributed by atoms with E-state index in [2.05, 4.69) is 15.3 Å². The average molecular weight is 290 g/mol. The molecule has 4 nitrogen and oxygen atoms in total. The first kappa shape index (κ1) is 12.2. The van der Waals surface area contributed by atoms with Crippen molar-refractivity contribution < 1.29 is 0 Å². The third kappa shape index (κ3) is 3.12. The molecule has 7 heteroatoms. The molecule has 88 valence electrons. The zero-order valence-electron chi connectivity index (χ0n) is 8.42. The third-order valence-corrected chi connectivity index (χ3v) is 2.65. The van der Waals surface area contributed by atoms with Crippen LogP contribution in [0.25, 0.3) is 0 Å². The molecule has 1 aromatic heterocycles. The van der Waals surface area contributed by atoms with E-state index in [1.54, 1.807) is 24.3 Å². The minimum atomic E-state index is 0.0880. The van der Waals surface area contributed by atoms with Crippen molar-refractivity contribution >= 4 is 52.3 Å². The van der Waals surface area contributed by atoms with Gasteiger partial charge in [-0.1, -0.05) is 34.8 Å². The minimum Gasteiger partial charge on any atom is -0.368 e. The predicted molar refractivity (Wildman–Crippen MR) is 71.2 cm³/mol. The molecule has 0 radical (unpaired) electrons. The van der Waals surface area contributed by atoms with Gasteiger partial charge in [0.25, 0.3) is 0 Å². The van der Waals surface area contributed by atoms with Gasteiger partial charge in [-0.05, 0) is 18.2 Å². The maximum absolute atomic E-state index is 6.00. The van der Waals surface area contributed by atoms with Crippen LogP contribution in [0.1, 0.15) is 0 Å². The van der Waals surface area contributed by atoms with Crippen LogP contribution in [0.15, 0.2) is 24.3 Å². The smallest absolute Gasteiger partial charge is 0.223 e. The number of benzene rings is 1. The van der Waals surface area contributed by atoms with E-state index < -0.39 is 0 Å². The van der Waals surface area contributed by atoms with E-state index in [-0.39, 0.29) is 11.1 Å². The van der Waals surface area contributed by atoms with Crippen LogP contribution < -0.4 is 11.1 Å². The fraction of sp³-hybridized carbons (Fsp3) is 0. The fourth-order valence-corrected chi connectivity index (χ4v) is 1.87. The fourth-order valence-electron chi connectivity index (χ4n) is 1.23. The summed E-state index contributed by atoms with van der Waals surface area (Å²) >= 11 is 17.6. The average Bonchev–Trinajstić information content (AvgIpc) is 2.21. The Bertz CT molecular complexity index is 539. The number of rotatable bonds is 2. The number of nitrogens with one attached hydrogen (secondary N) is 1. The molecule has 0 aliphatic rings. The highest BCUT2D eigenvalue weighted by Gasteiger charge is 2.04. The van der Waals surface area contributed by atoms with Crippen molar-refractivity contribution in [3.63, 3.8) is 0 Å². The van der Waals surface area contributed by atoms with Gasteiger partial charge in [-0.2, -0.15) is 4.98 Å². The van der Waals surface area contributed by atoms with Crippen LogP contribution in [0, 0.1) is 0 Å². The lowest BCUT2D eigenvalue weighted by Gasteiger charge is -2.08. The molecular weight excluding hydrogens is 282 g/mol. The molecule has 0 aliphatic heterocycles. The molecule has 2 rings (SSSR count). The van der Waals surface area contributed by atoms with Crippen LogP contribution >= 0.6 is 34.8 Å². The number of aromatic nitrogens is 2. The van der Waals surface area contributed by atoms with Crippen LogP contribution in [-0.4, -0.2) is 9.97 Å².